The average molecular weight is 257 g/mol. The lowest BCUT2D eigenvalue weighted by molar-refractivity contribution is 0.0697. The van der Waals surface area contributed by atoms with Crippen molar-refractivity contribution < 1.29 is 9.90 Å². The Bertz CT molecular complexity index is 560. The predicted octanol–water partition coefficient (Wildman–Crippen LogP) is 3.55. The molecule has 100 valence electrons. The molecule has 0 fully saturated rings. The van der Waals surface area contributed by atoms with Gasteiger partial charge in [-0.15, -0.1) is 0 Å². The lowest BCUT2D eigenvalue weighted by Gasteiger charge is -2.31. The van der Waals surface area contributed by atoms with Crippen LogP contribution in [0, 0.1) is 0 Å². The quantitative estimate of drug-likeness (QED) is 0.836. The monoisotopic (exact) mass is 257 g/mol. The van der Waals surface area contributed by atoms with E-state index in [0.29, 0.717) is 5.56 Å². The van der Waals surface area contributed by atoms with Crippen molar-refractivity contribution in [1.82, 2.24) is 0 Å². The zero-order valence-electron chi connectivity index (χ0n) is 11.3. The first-order chi connectivity index (χ1) is 9.16. The molecule has 1 aromatic carbocycles. The number of rotatable bonds is 1. The van der Waals surface area contributed by atoms with E-state index in [-0.39, 0.29) is 0 Å². The molecule has 1 aliphatic carbocycles. The van der Waals surface area contributed by atoms with Crippen LogP contribution in [0.5, 0.6) is 0 Å². The molecule has 3 rings (SSSR count). The molecule has 0 saturated carbocycles. The Hall–Kier alpha value is -1.77. The van der Waals surface area contributed by atoms with Crippen LogP contribution in [-0.2, 0) is 0 Å². The summed E-state index contributed by atoms with van der Waals surface area (Å²) in [6.45, 7) is 0.995. The van der Waals surface area contributed by atoms with Gasteiger partial charge in [0.25, 0.3) is 0 Å². The number of aromatic carboxylic acids is 1. The molecule has 0 atom stereocenters. The van der Waals surface area contributed by atoms with E-state index >= 15 is 0 Å². The van der Waals surface area contributed by atoms with E-state index in [1.165, 1.54) is 36.1 Å². The van der Waals surface area contributed by atoms with Crippen molar-refractivity contribution in [3.63, 3.8) is 0 Å². The van der Waals surface area contributed by atoms with Crippen LogP contribution in [0.4, 0.5) is 5.69 Å². The van der Waals surface area contributed by atoms with Gasteiger partial charge in [0.2, 0.25) is 0 Å². The van der Waals surface area contributed by atoms with Gasteiger partial charge in [-0.2, -0.15) is 0 Å². The third-order valence-corrected chi connectivity index (χ3v) is 4.24. The number of hydrogen-bond donors (Lipinski definition) is 1. The number of carboxylic acids is 1. The topological polar surface area (TPSA) is 40.5 Å². The maximum absolute atomic E-state index is 11.2. The van der Waals surface area contributed by atoms with Gasteiger partial charge in [0.1, 0.15) is 0 Å². The van der Waals surface area contributed by atoms with E-state index in [1.807, 2.05) is 12.1 Å². The SMILES string of the molecule is CN1CC2=C(CCCCC2)c2cc(C(=O)O)ccc21. The number of likely N-dealkylation sites (N-methyl/N-ethyl adjacent to an activating group) is 1. The van der Waals surface area contributed by atoms with Crippen molar-refractivity contribution in [2.45, 2.75) is 32.1 Å². The first-order valence-electron chi connectivity index (χ1n) is 6.96. The molecule has 19 heavy (non-hydrogen) atoms. The molecular formula is C16H19NO2. The Labute approximate surface area is 113 Å². The molecule has 3 nitrogen and oxygen atoms in total. The Morgan fingerprint density at radius 3 is 2.79 bits per heavy atom. The van der Waals surface area contributed by atoms with E-state index in [1.54, 1.807) is 6.07 Å². The van der Waals surface area contributed by atoms with Crippen molar-refractivity contribution in [3.05, 3.63) is 34.9 Å². The summed E-state index contributed by atoms with van der Waals surface area (Å²) in [6, 6.07) is 5.52. The minimum absolute atomic E-state index is 0.394. The molecule has 0 spiro atoms. The van der Waals surface area contributed by atoms with Gasteiger partial charge >= 0.3 is 5.97 Å². The highest BCUT2D eigenvalue weighted by atomic mass is 16.4. The number of hydrogen-bond acceptors (Lipinski definition) is 2. The van der Waals surface area contributed by atoms with Gasteiger partial charge in [-0.25, -0.2) is 4.79 Å². The molecule has 1 N–H and O–H groups in total. The first-order valence-corrected chi connectivity index (χ1v) is 6.96. The lowest BCUT2D eigenvalue weighted by atomic mass is 9.89. The number of carbonyl (C=O) groups is 1. The fraction of sp³-hybridized carbons (Fsp3) is 0.438. The summed E-state index contributed by atoms with van der Waals surface area (Å²) < 4.78 is 0. The molecule has 0 unspecified atom stereocenters. The number of fused-ring (bicyclic) bond motifs is 2. The lowest BCUT2D eigenvalue weighted by Crippen LogP contribution is -2.26. The number of carboxylic acid groups (broad SMARTS) is 1. The third kappa shape index (κ3) is 2.14. The van der Waals surface area contributed by atoms with Crippen LogP contribution < -0.4 is 4.90 Å². The second-order valence-corrected chi connectivity index (χ2v) is 5.54. The smallest absolute Gasteiger partial charge is 0.335 e. The van der Waals surface area contributed by atoms with Crippen LogP contribution in [-0.4, -0.2) is 24.7 Å². The molecule has 1 aliphatic heterocycles. The van der Waals surface area contributed by atoms with Crippen molar-refractivity contribution in [2.75, 3.05) is 18.5 Å². The molecule has 3 heteroatoms. The number of nitrogens with zero attached hydrogens (tertiary/aromatic N) is 1. The number of anilines is 1. The zero-order chi connectivity index (χ0) is 13.4. The molecule has 0 bridgehead atoms. The highest BCUT2D eigenvalue weighted by Gasteiger charge is 2.24. The first kappa shape index (κ1) is 12.3. The molecule has 1 aromatic rings. The van der Waals surface area contributed by atoms with Gasteiger partial charge in [-0.3, -0.25) is 0 Å². The molecule has 0 aromatic heterocycles. The highest BCUT2D eigenvalue weighted by molar-refractivity contribution is 5.92. The Kier molecular flexibility index (Phi) is 3.05. The maximum atomic E-state index is 11.2. The van der Waals surface area contributed by atoms with Crippen molar-refractivity contribution in [2.24, 2.45) is 0 Å². The van der Waals surface area contributed by atoms with E-state index < -0.39 is 5.97 Å². The second kappa shape index (κ2) is 4.72. The van der Waals surface area contributed by atoms with Crippen LogP contribution in [0.25, 0.3) is 5.57 Å². The molecule has 2 aliphatic rings. The second-order valence-electron chi connectivity index (χ2n) is 5.54. The Morgan fingerprint density at radius 2 is 2.00 bits per heavy atom. The summed E-state index contributed by atoms with van der Waals surface area (Å²) in [5.74, 6) is -0.841. The molecule has 1 heterocycles. The van der Waals surface area contributed by atoms with Crippen molar-refractivity contribution >= 4 is 17.2 Å². The summed E-state index contributed by atoms with van der Waals surface area (Å²) >= 11 is 0. The van der Waals surface area contributed by atoms with Gasteiger partial charge in [0, 0.05) is 24.8 Å². The summed E-state index contributed by atoms with van der Waals surface area (Å²) in [5.41, 5.74) is 5.63. The summed E-state index contributed by atoms with van der Waals surface area (Å²) in [5, 5.41) is 9.17. The molecule has 0 amide bonds. The van der Waals surface area contributed by atoms with E-state index in [2.05, 4.69) is 11.9 Å². The normalized spacial score (nSPS) is 18.7. The fourth-order valence-corrected chi connectivity index (χ4v) is 3.26. The van der Waals surface area contributed by atoms with Crippen LogP contribution in [0.2, 0.25) is 0 Å². The Balaban J connectivity index is 2.13. The van der Waals surface area contributed by atoms with Gasteiger partial charge < -0.3 is 10.0 Å². The van der Waals surface area contributed by atoms with Crippen LogP contribution in [0.1, 0.15) is 48.0 Å². The number of benzene rings is 1. The molecule has 0 radical (unpaired) electrons. The van der Waals surface area contributed by atoms with Gasteiger partial charge in [0.05, 0.1) is 5.56 Å². The van der Waals surface area contributed by atoms with E-state index in [9.17, 15) is 9.90 Å². The molecular weight excluding hydrogens is 238 g/mol. The van der Waals surface area contributed by atoms with Gasteiger partial charge in [-0.1, -0.05) is 6.42 Å². The fourth-order valence-electron chi connectivity index (χ4n) is 3.26. The van der Waals surface area contributed by atoms with Crippen LogP contribution in [0.15, 0.2) is 23.8 Å². The molecule has 0 saturated heterocycles. The average Bonchev–Trinajstić information content (AvgIpc) is 2.63. The van der Waals surface area contributed by atoms with E-state index in [4.69, 9.17) is 0 Å². The minimum Gasteiger partial charge on any atom is -0.478 e. The maximum Gasteiger partial charge on any atom is 0.335 e. The number of allylic oxidation sites excluding steroid dienone is 1. The Morgan fingerprint density at radius 1 is 1.21 bits per heavy atom. The zero-order valence-corrected chi connectivity index (χ0v) is 11.3. The van der Waals surface area contributed by atoms with Crippen molar-refractivity contribution in [1.29, 1.82) is 0 Å². The van der Waals surface area contributed by atoms with Crippen LogP contribution >= 0.6 is 0 Å². The minimum atomic E-state index is -0.841. The van der Waals surface area contributed by atoms with E-state index in [0.717, 1.165) is 24.9 Å². The highest BCUT2D eigenvalue weighted by Crippen LogP contribution is 2.40. The largest absolute Gasteiger partial charge is 0.478 e. The summed E-state index contributed by atoms with van der Waals surface area (Å²) in [4.78, 5) is 13.4. The third-order valence-electron chi connectivity index (χ3n) is 4.24. The van der Waals surface area contributed by atoms with Gasteiger partial charge in [-0.05, 0) is 55.0 Å². The van der Waals surface area contributed by atoms with Crippen molar-refractivity contribution in [3.8, 4) is 0 Å². The standard InChI is InChI=1S/C16H19NO2/c1-17-10-12-5-3-2-4-6-13(12)14-9-11(16(18)19)7-8-15(14)17/h7-9H,2-6,10H2,1H3,(H,18,19). The summed E-state index contributed by atoms with van der Waals surface area (Å²) in [6.07, 6.45) is 6.03. The summed E-state index contributed by atoms with van der Waals surface area (Å²) in [7, 11) is 2.09. The predicted molar refractivity (Wildman–Crippen MR) is 76.7 cm³/mol. The van der Waals surface area contributed by atoms with Crippen LogP contribution in [0.3, 0.4) is 0 Å². The van der Waals surface area contributed by atoms with Gasteiger partial charge in [0.15, 0.2) is 0 Å².